The highest BCUT2D eigenvalue weighted by molar-refractivity contribution is 7.98. The summed E-state index contributed by atoms with van der Waals surface area (Å²) in [5.41, 5.74) is 2.86. The summed E-state index contributed by atoms with van der Waals surface area (Å²) >= 11 is 1.61. The van der Waals surface area contributed by atoms with Crippen LogP contribution in [0.15, 0.2) is 18.2 Å². The summed E-state index contributed by atoms with van der Waals surface area (Å²) in [7, 11) is 0. The molecule has 0 aliphatic rings. The molecule has 2 N–H and O–H groups in total. The number of benzene rings is 1. The third kappa shape index (κ3) is 5.34. The number of aryl methyl sites for hydroxylation is 2. The fraction of sp³-hybridized carbons (Fsp3) is 0.429. The van der Waals surface area contributed by atoms with E-state index in [0.29, 0.717) is 6.42 Å². The van der Waals surface area contributed by atoms with Crippen molar-refractivity contribution in [1.29, 1.82) is 0 Å². The van der Waals surface area contributed by atoms with Crippen molar-refractivity contribution in [2.75, 3.05) is 23.9 Å². The molecule has 0 spiro atoms. The first-order chi connectivity index (χ1) is 9.04. The summed E-state index contributed by atoms with van der Waals surface area (Å²) in [5.74, 6) is 0.477. The van der Waals surface area contributed by atoms with E-state index in [1.54, 1.807) is 11.8 Å². The first-order valence-electron chi connectivity index (χ1n) is 6.16. The molecule has 0 atom stereocenters. The minimum atomic E-state index is -0.199. The summed E-state index contributed by atoms with van der Waals surface area (Å²) < 4.78 is 0. The maximum Gasteiger partial charge on any atom is 0.243 e. The van der Waals surface area contributed by atoms with Crippen LogP contribution in [0.5, 0.6) is 0 Å². The molecule has 1 rings (SSSR count). The molecule has 5 heteroatoms. The minimum Gasteiger partial charge on any atom is -0.347 e. The van der Waals surface area contributed by atoms with Crippen LogP contribution < -0.4 is 10.6 Å². The van der Waals surface area contributed by atoms with E-state index in [0.717, 1.165) is 22.6 Å². The largest absolute Gasteiger partial charge is 0.347 e. The van der Waals surface area contributed by atoms with Gasteiger partial charge in [-0.15, -0.1) is 0 Å². The van der Waals surface area contributed by atoms with Crippen molar-refractivity contribution in [1.82, 2.24) is 5.32 Å². The fourth-order valence-electron chi connectivity index (χ4n) is 1.66. The van der Waals surface area contributed by atoms with E-state index in [1.807, 2.05) is 38.3 Å². The Hall–Kier alpha value is -1.49. The van der Waals surface area contributed by atoms with Gasteiger partial charge in [0, 0.05) is 17.9 Å². The highest BCUT2D eigenvalue weighted by Gasteiger charge is 2.08. The van der Waals surface area contributed by atoms with Crippen molar-refractivity contribution in [3.63, 3.8) is 0 Å². The van der Waals surface area contributed by atoms with Crippen LogP contribution in [0.25, 0.3) is 0 Å². The van der Waals surface area contributed by atoms with Crippen molar-refractivity contribution in [2.24, 2.45) is 0 Å². The van der Waals surface area contributed by atoms with Crippen LogP contribution in [0.1, 0.15) is 17.5 Å². The van der Waals surface area contributed by atoms with Crippen molar-refractivity contribution in [3.05, 3.63) is 29.3 Å². The Morgan fingerprint density at radius 1 is 1.16 bits per heavy atom. The molecule has 0 aliphatic carbocycles. The van der Waals surface area contributed by atoms with E-state index in [-0.39, 0.29) is 18.4 Å². The van der Waals surface area contributed by atoms with Crippen LogP contribution in [0, 0.1) is 13.8 Å². The molecule has 104 valence electrons. The second kappa shape index (κ2) is 7.84. The standard InChI is InChI=1S/C14H20N2O2S/c1-10-5-4-6-11(2)14(10)16-13(18)9-15-12(17)7-8-19-3/h4-6H,7-9H2,1-3H3,(H,15,17)(H,16,18). The molecule has 0 bridgehead atoms. The van der Waals surface area contributed by atoms with Crippen molar-refractivity contribution < 1.29 is 9.59 Å². The van der Waals surface area contributed by atoms with Crippen LogP contribution in [-0.2, 0) is 9.59 Å². The van der Waals surface area contributed by atoms with Gasteiger partial charge in [0.25, 0.3) is 0 Å². The molecule has 0 aromatic heterocycles. The molecule has 0 radical (unpaired) electrons. The average Bonchev–Trinajstić information content (AvgIpc) is 2.38. The summed E-state index contributed by atoms with van der Waals surface area (Å²) in [6, 6.07) is 5.84. The summed E-state index contributed by atoms with van der Waals surface area (Å²) in [4.78, 5) is 23.2. The lowest BCUT2D eigenvalue weighted by Crippen LogP contribution is -2.33. The number of carbonyl (C=O) groups is 2. The molecule has 1 aromatic carbocycles. The van der Waals surface area contributed by atoms with E-state index in [1.165, 1.54) is 0 Å². The monoisotopic (exact) mass is 280 g/mol. The van der Waals surface area contributed by atoms with Gasteiger partial charge in [-0.2, -0.15) is 11.8 Å². The molecular formula is C14H20N2O2S. The molecule has 0 saturated carbocycles. The molecule has 2 amide bonds. The number of anilines is 1. The smallest absolute Gasteiger partial charge is 0.243 e. The Bertz CT molecular complexity index is 441. The lowest BCUT2D eigenvalue weighted by atomic mass is 10.1. The quantitative estimate of drug-likeness (QED) is 0.839. The normalized spacial score (nSPS) is 10.1. The Morgan fingerprint density at radius 2 is 1.79 bits per heavy atom. The number of para-hydroxylation sites is 1. The van der Waals surface area contributed by atoms with Crippen LogP contribution in [0.2, 0.25) is 0 Å². The zero-order valence-electron chi connectivity index (χ0n) is 11.6. The summed E-state index contributed by atoms with van der Waals surface area (Å²) in [5, 5.41) is 5.44. The number of rotatable bonds is 6. The fourth-order valence-corrected chi connectivity index (χ4v) is 2.05. The second-order valence-corrected chi connectivity index (χ2v) is 5.32. The van der Waals surface area contributed by atoms with Crippen LogP contribution >= 0.6 is 11.8 Å². The maximum atomic E-state index is 11.8. The lowest BCUT2D eigenvalue weighted by Gasteiger charge is -2.11. The van der Waals surface area contributed by atoms with E-state index >= 15 is 0 Å². The van der Waals surface area contributed by atoms with Gasteiger partial charge < -0.3 is 10.6 Å². The zero-order chi connectivity index (χ0) is 14.3. The predicted molar refractivity (Wildman–Crippen MR) is 80.6 cm³/mol. The highest BCUT2D eigenvalue weighted by atomic mass is 32.2. The summed E-state index contributed by atoms with van der Waals surface area (Å²) in [6.07, 6.45) is 2.39. The van der Waals surface area contributed by atoms with Crippen LogP contribution in [-0.4, -0.2) is 30.4 Å². The minimum absolute atomic E-state index is 0.0149. The first kappa shape index (κ1) is 15.6. The molecule has 0 saturated heterocycles. The van der Waals surface area contributed by atoms with Gasteiger partial charge in [0.2, 0.25) is 11.8 Å². The van der Waals surface area contributed by atoms with Gasteiger partial charge in [-0.25, -0.2) is 0 Å². The third-order valence-corrected chi connectivity index (χ3v) is 3.34. The topological polar surface area (TPSA) is 58.2 Å². The van der Waals surface area contributed by atoms with E-state index in [4.69, 9.17) is 0 Å². The lowest BCUT2D eigenvalue weighted by molar-refractivity contribution is -0.123. The number of hydrogen-bond acceptors (Lipinski definition) is 3. The van der Waals surface area contributed by atoms with Gasteiger partial charge in [0.05, 0.1) is 6.54 Å². The van der Waals surface area contributed by atoms with Gasteiger partial charge in [0.1, 0.15) is 0 Å². The van der Waals surface area contributed by atoms with Crippen molar-refractivity contribution >= 4 is 29.3 Å². The second-order valence-electron chi connectivity index (χ2n) is 4.33. The zero-order valence-corrected chi connectivity index (χ0v) is 12.4. The van der Waals surface area contributed by atoms with Gasteiger partial charge in [-0.1, -0.05) is 18.2 Å². The predicted octanol–water partition coefficient (Wildman–Crippen LogP) is 2.11. The van der Waals surface area contributed by atoms with Gasteiger partial charge in [-0.3, -0.25) is 9.59 Å². The van der Waals surface area contributed by atoms with Gasteiger partial charge in [0.15, 0.2) is 0 Å². The van der Waals surface area contributed by atoms with Crippen LogP contribution in [0.4, 0.5) is 5.69 Å². The number of carbonyl (C=O) groups excluding carboxylic acids is 2. The van der Waals surface area contributed by atoms with Crippen molar-refractivity contribution in [3.8, 4) is 0 Å². The SMILES string of the molecule is CSCCC(=O)NCC(=O)Nc1c(C)cccc1C. The van der Waals surface area contributed by atoms with Crippen LogP contribution in [0.3, 0.4) is 0 Å². The molecule has 0 fully saturated rings. The van der Waals surface area contributed by atoms with Gasteiger partial charge >= 0.3 is 0 Å². The molecule has 19 heavy (non-hydrogen) atoms. The molecule has 0 heterocycles. The summed E-state index contributed by atoms with van der Waals surface area (Å²) in [6.45, 7) is 3.90. The van der Waals surface area contributed by atoms with E-state index < -0.39 is 0 Å². The number of nitrogens with one attached hydrogen (secondary N) is 2. The number of hydrogen-bond donors (Lipinski definition) is 2. The molecule has 1 aromatic rings. The molecular weight excluding hydrogens is 260 g/mol. The molecule has 4 nitrogen and oxygen atoms in total. The Balaban J connectivity index is 2.45. The Morgan fingerprint density at radius 3 is 2.37 bits per heavy atom. The third-order valence-electron chi connectivity index (χ3n) is 2.72. The van der Waals surface area contributed by atoms with E-state index in [2.05, 4.69) is 10.6 Å². The molecule has 0 aliphatic heterocycles. The first-order valence-corrected chi connectivity index (χ1v) is 7.55. The Labute approximate surface area is 118 Å². The maximum absolute atomic E-state index is 11.8. The number of amides is 2. The average molecular weight is 280 g/mol. The molecule has 0 unspecified atom stereocenters. The highest BCUT2D eigenvalue weighted by Crippen LogP contribution is 2.18. The van der Waals surface area contributed by atoms with E-state index in [9.17, 15) is 9.59 Å². The van der Waals surface area contributed by atoms with Gasteiger partial charge in [-0.05, 0) is 31.2 Å². The Kier molecular flexibility index (Phi) is 6.42. The van der Waals surface area contributed by atoms with Crippen molar-refractivity contribution in [2.45, 2.75) is 20.3 Å². The number of thioether (sulfide) groups is 1.